The minimum Gasteiger partial charge on any atom is -0.480 e. The van der Waals surface area contributed by atoms with Crippen LogP contribution in [-0.4, -0.2) is 58.3 Å². The van der Waals surface area contributed by atoms with E-state index in [9.17, 15) is 14.7 Å². The summed E-state index contributed by atoms with van der Waals surface area (Å²) in [4.78, 5) is 25.0. The Labute approximate surface area is 119 Å². The van der Waals surface area contributed by atoms with Gasteiger partial charge >= 0.3 is 5.97 Å². The van der Waals surface area contributed by atoms with Crippen LogP contribution >= 0.6 is 0 Å². The molecule has 1 saturated heterocycles. The lowest BCUT2D eigenvalue weighted by molar-refractivity contribution is -0.149. The lowest BCUT2D eigenvalue weighted by Crippen LogP contribution is -2.50. The van der Waals surface area contributed by atoms with Crippen molar-refractivity contribution in [3.05, 3.63) is 0 Å². The first-order valence-corrected chi connectivity index (χ1v) is 7.37. The summed E-state index contributed by atoms with van der Waals surface area (Å²) in [6.45, 7) is 0.135. The molecule has 3 N–H and O–H groups in total. The quantitative estimate of drug-likeness (QED) is 0.693. The Morgan fingerprint density at radius 3 is 2.50 bits per heavy atom. The molecule has 1 aliphatic heterocycles. The van der Waals surface area contributed by atoms with E-state index in [2.05, 4.69) is 5.32 Å². The van der Waals surface area contributed by atoms with Crippen LogP contribution in [0.2, 0.25) is 0 Å². The van der Waals surface area contributed by atoms with Gasteiger partial charge in [0.05, 0.1) is 6.10 Å². The summed E-state index contributed by atoms with van der Waals surface area (Å²) in [5, 5.41) is 22.0. The van der Waals surface area contributed by atoms with Crippen molar-refractivity contribution in [1.82, 2.24) is 10.2 Å². The molecule has 1 aliphatic carbocycles. The number of nitrogens with zero attached hydrogens (tertiary/aromatic N) is 1. The van der Waals surface area contributed by atoms with Gasteiger partial charge in [0.25, 0.3) is 0 Å². The van der Waals surface area contributed by atoms with Crippen LogP contribution in [0.5, 0.6) is 0 Å². The zero-order chi connectivity index (χ0) is 14.8. The number of amides is 1. The molecule has 0 unspecified atom stereocenters. The van der Waals surface area contributed by atoms with E-state index >= 15 is 0 Å². The number of rotatable bonds is 4. The fraction of sp³-hybridized carbons (Fsp3) is 0.857. The standard InChI is InChI=1S/C14H24N2O4/c1-15-14(5-3-2-4-6-14)8-12(18)16-9-10(17)7-11(16)13(19)20/h10-11,15,17H,2-9H2,1H3,(H,19,20)/t10-,11-/m1/s1. The van der Waals surface area contributed by atoms with Crippen LogP contribution in [0.15, 0.2) is 0 Å². The molecule has 0 spiro atoms. The molecule has 1 heterocycles. The molecule has 0 aromatic heterocycles. The second-order valence-corrected chi connectivity index (χ2v) is 6.06. The van der Waals surface area contributed by atoms with Crippen LogP contribution in [0.3, 0.4) is 0 Å². The van der Waals surface area contributed by atoms with E-state index in [1.165, 1.54) is 11.3 Å². The molecular weight excluding hydrogens is 260 g/mol. The van der Waals surface area contributed by atoms with E-state index in [0.29, 0.717) is 6.42 Å². The average Bonchev–Trinajstić information content (AvgIpc) is 2.82. The summed E-state index contributed by atoms with van der Waals surface area (Å²) in [6.07, 6.45) is 5.01. The van der Waals surface area contributed by atoms with Crippen molar-refractivity contribution in [2.45, 2.75) is 62.6 Å². The molecule has 6 nitrogen and oxygen atoms in total. The van der Waals surface area contributed by atoms with Gasteiger partial charge in [-0.3, -0.25) is 4.79 Å². The van der Waals surface area contributed by atoms with Crippen molar-refractivity contribution in [2.24, 2.45) is 0 Å². The van der Waals surface area contributed by atoms with Crippen LogP contribution in [-0.2, 0) is 9.59 Å². The lowest BCUT2D eigenvalue weighted by Gasteiger charge is -2.38. The van der Waals surface area contributed by atoms with Gasteiger partial charge in [0.15, 0.2) is 0 Å². The summed E-state index contributed by atoms with van der Waals surface area (Å²) in [5.74, 6) is -1.19. The highest BCUT2D eigenvalue weighted by Crippen LogP contribution is 2.32. The number of carbonyl (C=O) groups is 2. The molecule has 2 rings (SSSR count). The SMILES string of the molecule is CNC1(CC(=O)N2C[C@H](O)C[C@@H]2C(=O)O)CCCCC1. The van der Waals surface area contributed by atoms with Crippen LogP contribution in [0.1, 0.15) is 44.9 Å². The van der Waals surface area contributed by atoms with Gasteiger partial charge in [-0.05, 0) is 19.9 Å². The molecule has 114 valence electrons. The molecule has 1 saturated carbocycles. The number of carboxylic acid groups (broad SMARTS) is 1. The van der Waals surface area contributed by atoms with E-state index in [0.717, 1.165) is 25.7 Å². The van der Waals surface area contributed by atoms with Crippen molar-refractivity contribution in [3.8, 4) is 0 Å². The zero-order valence-electron chi connectivity index (χ0n) is 12.0. The van der Waals surface area contributed by atoms with Crippen molar-refractivity contribution in [1.29, 1.82) is 0 Å². The summed E-state index contributed by atoms with van der Waals surface area (Å²) in [7, 11) is 1.87. The third-order valence-corrected chi connectivity index (χ3v) is 4.72. The maximum atomic E-state index is 12.4. The molecule has 0 bridgehead atoms. The Morgan fingerprint density at radius 2 is 1.95 bits per heavy atom. The first kappa shape index (κ1) is 15.3. The highest BCUT2D eigenvalue weighted by Gasteiger charge is 2.42. The third kappa shape index (κ3) is 3.12. The van der Waals surface area contributed by atoms with Crippen molar-refractivity contribution < 1.29 is 19.8 Å². The molecule has 2 atom stereocenters. The van der Waals surface area contributed by atoms with Crippen LogP contribution in [0.4, 0.5) is 0 Å². The van der Waals surface area contributed by atoms with Gasteiger partial charge in [0, 0.05) is 24.9 Å². The molecule has 0 radical (unpaired) electrons. The van der Waals surface area contributed by atoms with Gasteiger partial charge in [0.2, 0.25) is 5.91 Å². The van der Waals surface area contributed by atoms with Gasteiger partial charge in [0.1, 0.15) is 6.04 Å². The Bertz CT molecular complexity index is 379. The Hall–Kier alpha value is -1.14. The highest BCUT2D eigenvalue weighted by atomic mass is 16.4. The normalized spacial score (nSPS) is 29.4. The van der Waals surface area contributed by atoms with Crippen LogP contribution < -0.4 is 5.32 Å². The van der Waals surface area contributed by atoms with E-state index in [4.69, 9.17) is 5.11 Å². The minimum atomic E-state index is -1.03. The molecule has 2 aliphatic rings. The Morgan fingerprint density at radius 1 is 1.30 bits per heavy atom. The van der Waals surface area contributed by atoms with Crippen molar-refractivity contribution in [3.63, 3.8) is 0 Å². The smallest absolute Gasteiger partial charge is 0.326 e. The number of nitrogens with one attached hydrogen (secondary N) is 1. The number of aliphatic carboxylic acids is 1. The van der Waals surface area contributed by atoms with Crippen molar-refractivity contribution in [2.75, 3.05) is 13.6 Å². The molecule has 1 amide bonds. The van der Waals surface area contributed by atoms with E-state index in [-0.39, 0.29) is 24.4 Å². The molecule has 2 fully saturated rings. The maximum Gasteiger partial charge on any atom is 0.326 e. The number of hydrogen-bond acceptors (Lipinski definition) is 4. The van der Waals surface area contributed by atoms with Crippen LogP contribution in [0, 0.1) is 0 Å². The summed E-state index contributed by atoms with van der Waals surface area (Å²) in [6, 6.07) is -0.880. The lowest BCUT2D eigenvalue weighted by atomic mass is 9.79. The zero-order valence-corrected chi connectivity index (χ0v) is 12.0. The number of carbonyl (C=O) groups excluding carboxylic acids is 1. The summed E-state index contributed by atoms with van der Waals surface area (Å²) < 4.78 is 0. The monoisotopic (exact) mass is 284 g/mol. The number of β-amino-alcohol motifs (C(OH)–C–C–N with tert-alkyl or cyclic N) is 1. The third-order valence-electron chi connectivity index (χ3n) is 4.72. The summed E-state index contributed by atoms with van der Waals surface area (Å²) >= 11 is 0. The fourth-order valence-corrected chi connectivity index (χ4v) is 3.46. The average molecular weight is 284 g/mol. The first-order valence-electron chi connectivity index (χ1n) is 7.37. The topological polar surface area (TPSA) is 89.9 Å². The van der Waals surface area contributed by atoms with E-state index in [1.54, 1.807) is 0 Å². The van der Waals surface area contributed by atoms with Gasteiger partial charge in [-0.15, -0.1) is 0 Å². The molecule has 20 heavy (non-hydrogen) atoms. The molecule has 0 aromatic carbocycles. The number of aliphatic hydroxyl groups is 1. The minimum absolute atomic E-state index is 0.133. The van der Waals surface area contributed by atoms with E-state index < -0.39 is 18.1 Å². The summed E-state index contributed by atoms with van der Waals surface area (Å²) in [5.41, 5.74) is -0.202. The second kappa shape index (κ2) is 6.10. The number of likely N-dealkylation sites (tertiary alicyclic amines) is 1. The van der Waals surface area contributed by atoms with Crippen LogP contribution in [0.25, 0.3) is 0 Å². The molecular formula is C14H24N2O4. The largest absolute Gasteiger partial charge is 0.480 e. The van der Waals surface area contributed by atoms with Gasteiger partial charge < -0.3 is 20.4 Å². The highest BCUT2D eigenvalue weighted by molar-refractivity contribution is 5.85. The van der Waals surface area contributed by atoms with Gasteiger partial charge in [-0.25, -0.2) is 4.79 Å². The molecule has 6 heteroatoms. The first-order chi connectivity index (χ1) is 9.47. The molecule has 0 aromatic rings. The Balaban J connectivity index is 2.04. The predicted molar refractivity (Wildman–Crippen MR) is 73.3 cm³/mol. The fourth-order valence-electron chi connectivity index (χ4n) is 3.46. The van der Waals surface area contributed by atoms with E-state index in [1.807, 2.05) is 7.05 Å². The second-order valence-electron chi connectivity index (χ2n) is 6.06. The number of carboxylic acids is 1. The number of aliphatic hydroxyl groups excluding tert-OH is 1. The maximum absolute atomic E-state index is 12.4. The predicted octanol–water partition coefficient (Wildman–Crippen LogP) is 0.345. The van der Waals surface area contributed by atoms with Crippen molar-refractivity contribution >= 4 is 11.9 Å². The van der Waals surface area contributed by atoms with Gasteiger partial charge in [-0.2, -0.15) is 0 Å². The van der Waals surface area contributed by atoms with Gasteiger partial charge in [-0.1, -0.05) is 19.3 Å². The number of hydrogen-bond donors (Lipinski definition) is 3. The Kier molecular flexibility index (Phi) is 4.65.